The van der Waals surface area contributed by atoms with E-state index in [4.69, 9.17) is 11.6 Å². The third-order valence-corrected chi connectivity index (χ3v) is 4.20. The van der Waals surface area contributed by atoms with Crippen LogP contribution in [0.4, 0.5) is 5.69 Å². The number of nitrogens with one attached hydrogen (secondary N) is 1. The van der Waals surface area contributed by atoms with Gasteiger partial charge in [0.15, 0.2) is 0 Å². The first-order chi connectivity index (χ1) is 9.65. The van der Waals surface area contributed by atoms with E-state index < -0.39 is 0 Å². The Hall–Kier alpha value is -0.730. The molecule has 20 heavy (non-hydrogen) atoms. The normalized spacial score (nSPS) is 11.1. The second-order valence-electron chi connectivity index (χ2n) is 5.27. The molecule has 1 aromatic rings. The highest BCUT2D eigenvalue weighted by Gasteiger charge is 2.14. The van der Waals surface area contributed by atoms with Gasteiger partial charge in [-0.2, -0.15) is 0 Å². The van der Waals surface area contributed by atoms with E-state index in [-0.39, 0.29) is 0 Å². The number of rotatable bonds is 9. The Labute approximate surface area is 129 Å². The molecule has 1 N–H and O–H groups in total. The summed E-state index contributed by atoms with van der Waals surface area (Å²) in [4.78, 5) is 2.47. The number of anilines is 1. The van der Waals surface area contributed by atoms with Gasteiger partial charge in [-0.1, -0.05) is 51.3 Å². The van der Waals surface area contributed by atoms with Gasteiger partial charge in [-0.05, 0) is 37.1 Å². The summed E-state index contributed by atoms with van der Waals surface area (Å²) in [7, 11) is 0. The molecule has 2 nitrogen and oxygen atoms in total. The van der Waals surface area contributed by atoms with Crippen LogP contribution < -0.4 is 10.2 Å². The maximum absolute atomic E-state index is 6.21. The molecule has 0 radical (unpaired) electrons. The molecule has 1 rings (SSSR count). The van der Waals surface area contributed by atoms with Gasteiger partial charge in [0.1, 0.15) is 0 Å². The highest BCUT2D eigenvalue weighted by atomic mass is 35.5. The van der Waals surface area contributed by atoms with Crippen molar-refractivity contribution in [1.82, 2.24) is 5.32 Å². The molecule has 0 aliphatic heterocycles. The molecule has 0 aliphatic carbocycles. The van der Waals surface area contributed by atoms with Crippen LogP contribution in [0.2, 0.25) is 5.02 Å². The number of nitrogens with zero attached hydrogens (tertiary/aromatic N) is 1. The largest absolute Gasteiger partial charge is 0.371 e. The van der Waals surface area contributed by atoms with Crippen molar-refractivity contribution in [3.63, 3.8) is 0 Å². The minimum Gasteiger partial charge on any atom is -0.371 e. The van der Waals surface area contributed by atoms with Gasteiger partial charge in [-0.3, -0.25) is 0 Å². The Morgan fingerprint density at radius 3 is 2.40 bits per heavy atom. The van der Waals surface area contributed by atoms with Gasteiger partial charge >= 0.3 is 0 Å². The van der Waals surface area contributed by atoms with Gasteiger partial charge in [0.2, 0.25) is 0 Å². The lowest BCUT2D eigenvalue weighted by atomic mass is 10.0. The summed E-state index contributed by atoms with van der Waals surface area (Å²) >= 11 is 6.21. The molecular weight excluding hydrogens is 268 g/mol. The Kier molecular flexibility index (Phi) is 8.01. The molecule has 0 aliphatic rings. The van der Waals surface area contributed by atoms with Gasteiger partial charge in [0.05, 0.1) is 0 Å². The van der Waals surface area contributed by atoms with Crippen LogP contribution in [0.3, 0.4) is 0 Å². The van der Waals surface area contributed by atoms with Crippen LogP contribution in [0.5, 0.6) is 0 Å². The first kappa shape index (κ1) is 17.3. The maximum atomic E-state index is 6.21. The van der Waals surface area contributed by atoms with Crippen molar-refractivity contribution in [1.29, 1.82) is 0 Å². The second-order valence-corrected chi connectivity index (χ2v) is 5.71. The average molecular weight is 297 g/mol. The summed E-state index contributed by atoms with van der Waals surface area (Å²) in [5.74, 6) is 0.751. The SMILES string of the molecule is CCNCc1ccc(Cl)cc1N(CC)CC(CC)CC. The first-order valence-corrected chi connectivity index (χ1v) is 8.27. The van der Waals surface area contributed by atoms with Crippen LogP contribution in [0.25, 0.3) is 0 Å². The number of hydrogen-bond acceptors (Lipinski definition) is 2. The van der Waals surface area contributed by atoms with Crippen molar-refractivity contribution in [3.05, 3.63) is 28.8 Å². The van der Waals surface area contributed by atoms with E-state index in [1.807, 2.05) is 6.07 Å². The Morgan fingerprint density at radius 1 is 1.15 bits per heavy atom. The zero-order valence-corrected chi connectivity index (χ0v) is 14.1. The fraction of sp³-hybridized carbons (Fsp3) is 0.647. The molecular formula is C17H29ClN2. The molecule has 0 heterocycles. The topological polar surface area (TPSA) is 15.3 Å². The van der Waals surface area contributed by atoms with Crippen LogP contribution in [0, 0.1) is 5.92 Å². The fourth-order valence-electron chi connectivity index (χ4n) is 2.50. The summed E-state index contributed by atoms with van der Waals surface area (Å²) in [6, 6.07) is 6.25. The summed E-state index contributed by atoms with van der Waals surface area (Å²) in [5.41, 5.74) is 2.62. The molecule has 0 bridgehead atoms. The van der Waals surface area contributed by atoms with Crippen molar-refractivity contribution in [2.24, 2.45) is 5.92 Å². The Morgan fingerprint density at radius 2 is 1.85 bits per heavy atom. The van der Waals surface area contributed by atoms with Gasteiger partial charge in [0, 0.05) is 30.3 Å². The van der Waals surface area contributed by atoms with E-state index in [0.29, 0.717) is 0 Å². The first-order valence-electron chi connectivity index (χ1n) is 7.90. The predicted molar refractivity (Wildman–Crippen MR) is 90.8 cm³/mol. The van der Waals surface area contributed by atoms with Crippen molar-refractivity contribution in [2.45, 2.75) is 47.1 Å². The lowest BCUT2D eigenvalue weighted by Gasteiger charge is -2.29. The van der Waals surface area contributed by atoms with Crippen LogP contribution in [0.15, 0.2) is 18.2 Å². The molecule has 0 saturated heterocycles. The zero-order valence-electron chi connectivity index (χ0n) is 13.4. The summed E-state index contributed by atoms with van der Waals surface area (Å²) in [6.07, 6.45) is 2.46. The monoisotopic (exact) mass is 296 g/mol. The quantitative estimate of drug-likeness (QED) is 0.710. The second kappa shape index (κ2) is 9.25. The Bertz CT molecular complexity index is 389. The summed E-state index contributed by atoms with van der Waals surface area (Å²) in [5, 5.41) is 4.24. The van der Waals surface area contributed by atoms with Crippen molar-refractivity contribution >= 4 is 17.3 Å². The van der Waals surface area contributed by atoms with E-state index in [2.05, 4.69) is 50.0 Å². The molecule has 0 fully saturated rings. The lowest BCUT2D eigenvalue weighted by molar-refractivity contribution is 0.485. The van der Waals surface area contributed by atoms with Crippen LogP contribution in [0.1, 0.15) is 46.1 Å². The van der Waals surface area contributed by atoms with E-state index in [1.165, 1.54) is 24.1 Å². The van der Waals surface area contributed by atoms with Gasteiger partial charge in [-0.25, -0.2) is 0 Å². The molecule has 114 valence electrons. The minimum atomic E-state index is 0.751. The van der Waals surface area contributed by atoms with E-state index in [1.54, 1.807) is 0 Å². The van der Waals surface area contributed by atoms with Crippen LogP contribution >= 0.6 is 11.6 Å². The standard InChI is InChI=1S/C17H29ClN2/c1-5-14(6-2)13-20(8-4)17-11-16(18)10-9-15(17)12-19-7-3/h9-11,14,19H,5-8,12-13H2,1-4H3. The van der Waals surface area contributed by atoms with Gasteiger partial charge in [-0.15, -0.1) is 0 Å². The third kappa shape index (κ3) is 4.99. The zero-order chi connectivity index (χ0) is 15.0. The molecule has 3 heteroatoms. The van der Waals surface area contributed by atoms with E-state index in [0.717, 1.165) is 37.1 Å². The number of halogens is 1. The van der Waals surface area contributed by atoms with Crippen molar-refractivity contribution < 1.29 is 0 Å². The number of benzene rings is 1. The summed E-state index contributed by atoms with van der Waals surface area (Å²) in [6.45, 7) is 12.9. The van der Waals surface area contributed by atoms with E-state index in [9.17, 15) is 0 Å². The molecule has 0 spiro atoms. The highest BCUT2D eigenvalue weighted by Crippen LogP contribution is 2.26. The van der Waals surface area contributed by atoms with Crippen LogP contribution in [-0.2, 0) is 6.54 Å². The van der Waals surface area contributed by atoms with Crippen molar-refractivity contribution in [3.8, 4) is 0 Å². The molecule has 0 amide bonds. The maximum Gasteiger partial charge on any atom is 0.0426 e. The highest BCUT2D eigenvalue weighted by molar-refractivity contribution is 6.30. The third-order valence-electron chi connectivity index (χ3n) is 3.97. The van der Waals surface area contributed by atoms with Gasteiger partial charge in [0.25, 0.3) is 0 Å². The smallest absolute Gasteiger partial charge is 0.0426 e. The van der Waals surface area contributed by atoms with Crippen LogP contribution in [-0.4, -0.2) is 19.6 Å². The molecule has 0 unspecified atom stereocenters. The van der Waals surface area contributed by atoms with Crippen molar-refractivity contribution in [2.75, 3.05) is 24.5 Å². The molecule has 0 saturated carbocycles. The minimum absolute atomic E-state index is 0.751. The molecule has 0 atom stereocenters. The Balaban J connectivity index is 2.96. The van der Waals surface area contributed by atoms with E-state index >= 15 is 0 Å². The lowest BCUT2D eigenvalue weighted by Crippen LogP contribution is -2.30. The summed E-state index contributed by atoms with van der Waals surface area (Å²) < 4.78 is 0. The predicted octanol–water partition coefficient (Wildman–Crippen LogP) is 4.71. The molecule has 1 aromatic carbocycles. The average Bonchev–Trinajstić information content (AvgIpc) is 2.47. The fourth-order valence-corrected chi connectivity index (χ4v) is 2.66. The number of hydrogen-bond donors (Lipinski definition) is 1. The van der Waals surface area contributed by atoms with Gasteiger partial charge < -0.3 is 10.2 Å². The molecule has 0 aromatic heterocycles.